The second-order valence-corrected chi connectivity index (χ2v) is 5.25. The van der Waals surface area contributed by atoms with Gasteiger partial charge in [-0.1, -0.05) is 0 Å². The summed E-state index contributed by atoms with van der Waals surface area (Å²) in [5, 5.41) is 12.9. The van der Waals surface area contributed by atoms with Crippen LogP contribution < -0.4 is 0 Å². The Morgan fingerprint density at radius 3 is 2.82 bits per heavy atom. The van der Waals surface area contributed by atoms with Gasteiger partial charge in [0.2, 0.25) is 0 Å². The van der Waals surface area contributed by atoms with Gasteiger partial charge in [-0.3, -0.25) is 9.48 Å². The Kier molecular flexibility index (Phi) is 3.10. The van der Waals surface area contributed by atoms with Gasteiger partial charge in [0, 0.05) is 19.0 Å². The lowest BCUT2D eigenvalue weighted by molar-refractivity contribution is -0.141. The summed E-state index contributed by atoms with van der Waals surface area (Å²) in [5.41, 5.74) is 0.424. The molecule has 17 heavy (non-hydrogen) atoms. The first-order chi connectivity index (χ1) is 8.00. The summed E-state index contributed by atoms with van der Waals surface area (Å²) in [4.78, 5) is 24.7. The number of carbonyl (C=O) groups excluding carboxylic acids is 1. The summed E-state index contributed by atoms with van der Waals surface area (Å²) in [5.74, 6) is -0.801. The normalized spacial score (nSPS) is 24.0. The maximum Gasteiger partial charge on any atom is 0.327 e. The van der Waals surface area contributed by atoms with Gasteiger partial charge in [0.15, 0.2) is 0 Å². The van der Waals surface area contributed by atoms with Gasteiger partial charge in [0.1, 0.15) is 6.04 Å². The van der Waals surface area contributed by atoms with Gasteiger partial charge in [0.25, 0.3) is 5.91 Å². The fourth-order valence-electron chi connectivity index (χ4n) is 1.82. The molecule has 0 saturated carbocycles. The fourth-order valence-corrected chi connectivity index (χ4v) is 2.99. The van der Waals surface area contributed by atoms with E-state index in [0.717, 1.165) is 0 Å². The SMILES string of the molecule is CC1SCC(C(=O)O)N1C(=O)c1cnn(C)c1. The van der Waals surface area contributed by atoms with Crippen LogP contribution in [0.4, 0.5) is 0 Å². The highest BCUT2D eigenvalue weighted by Gasteiger charge is 2.40. The van der Waals surface area contributed by atoms with Crippen molar-refractivity contribution < 1.29 is 14.7 Å². The van der Waals surface area contributed by atoms with Crippen molar-refractivity contribution in [2.24, 2.45) is 7.05 Å². The third kappa shape index (κ3) is 2.14. The molecule has 1 fully saturated rings. The van der Waals surface area contributed by atoms with Gasteiger partial charge < -0.3 is 10.0 Å². The van der Waals surface area contributed by atoms with E-state index < -0.39 is 12.0 Å². The molecule has 6 nitrogen and oxygen atoms in total. The molecule has 1 amide bonds. The topological polar surface area (TPSA) is 75.4 Å². The number of aryl methyl sites for hydroxylation is 1. The average molecular weight is 255 g/mol. The Balaban J connectivity index is 2.25. The number of amides is 1. The van der Waals surface area contributed by atoms with Crippen LogP contribution in [0.15, 0.2) is 12.4 Å². The largest absolute Gasteiger partial charge is 0.480 e. The molecule has 0 bridgehead atoms. The first-order valence-corrected chi connectivity index (χ1v) is 6.21. The van der Waals surface area contributed by atoms with E-state index in [-0.39, 0.29) is 11.3 Å². The monoisotopic (exact) mass is 255 g/mol. The molecule has 0 radical (unpaired) electrons. The molecule has 0 aliphatic carbocycles. The number of hydrogen-bond acceptors (Lipinski definition) is 4. The van der Waals surface area contributed by atoms with E-state index in [4.69, 9.17) is 5.11 Å². The molecule has 0 aromatic carbocycles. The second kappa shape index (κ2) is 4.40. The minimum atomic E-state index is -0.959. The number of hydrogen-bond donors (Lipinski definition) is 1. The van der Waals surface area contributed by atoms with Gasteiger partial charge >= 0.3 is 5.97 Å². The molecule has 7 heteroatoms. The van der Waals surface area contributed by atoms with Gasteiger partial charge in [-0.15, -0.1) is 11.8 Å². The molecule has 92 valence electrons. The van der Waals surface area contributed by atoms with Crippen LogP contribution >= 0.6 is 11.8 Å². The van der Waals surface area contributed by atoms with E-state index in [2.05, 4.69) is 5.10 Å². The van der Waals surface area contributed by atoms with E-state index in [9.17, 15) is 9.59 Å². The Morgan fingerprint density at radius 2 is 2.29 bits per heavy atom. The minimum Gasteiger partial charge on any atom is -0.480 e. The predicted molar refractivity (Wildman–Crippen MR) is 62.7 cm³/mol. The van der Waals surface area contributed by atoms with Crippen LogP contribution in [0.5, 0.6) is 0 Å². The maximum absolute atomic E-state index is 12.2. The number of nitrogens with zero attached hydrogens (tertiary/aromatic N) is 3. The van der Waals surface area contributed by atoms with E-state index in [1.165, 1.54) is 27.5 Å². The van der Waals surface area contributed by atoms with Crippen molar-refractivity contribution in [1.82, 2.24) is 14.7 Å². The van der Waals surface area contributed by atoms with Gasteiger partial charge in [-0.25, -0.2) is 4.79 Å². The summed E-state index contributed by atoms with van der Waals surface area (Å²) < 4.78 is 1.52. The molecule has 1 saturated heterocycles. The van der Waals surface area contributed by atoms with E-state index in [1.807, 2.05) is 6.92 Å². The molecule has 2 unspecified atom stereocenters. The number of carboxylic acid groups (broad SMARTS) is 1. The summed E-state index contributed by atoms with van der Waals surface area (Å²) in [6.07, 6.45) is 3.05. The van der Waals surface area contributed by atoms with Crippen molar-refractivity contribution in [2.45, 2.75) is 18.3 Å². The van der Waals surface area contributed by atoms with Crippen LogP contribution in [0, 0.1) is 0 Å². The average Bonchev–Trinajstić information content (AvgIpc) is 2.83. The molecule has 2 rings (SSSR count). The molecule has 1 aromatic rings. The quantitative estimate of drug-likeness (QED) is 0.828. The second-order valence-electron chi connectivity index (χ2n) is 3.90. The number of aromatic nitrogens is 2. The van der Waals surface area contributed by atoms with E-state index >= 15 is 0 Å². The summed E-state index contributed by atoms with van der Waals surface area (Å²) in [7, 11) is 1.72. The lowest BCUT2D eigenvalue weighted by atomic mass is 10.2. The predicted octanol–water partition coefficient (Wildman–Crippen LogP) is 0.408. The molecular formula is C10H13N3O3S. The van der Waals surface area contributed by atoms with Crippen LogP contribution in [0.3, 0.4) is 0 Å². The Bertz CT molecular complexity index is 459. The number of thioether (sulfide) groups is 1. The highest BCUT2D eigenvalue weighted by Crippen LogP contribution is 2.30. The molecule has 1 aliphatic heterocycles. The maximum atomic E-state index is 12.2. The number of aliphatic carboxylic acids is 1. The zero-order chi connectivity index (χ0) is 12.6. The molecule has 1 N–H and O–H groups in total. The molecule has 2 heterocycles. The summed E-state index contributed by atoms with van der Waals surface area (Å²) in [6.45, 7) is 1.84. The molecule has 0 spiro atoms. The molecule has 2 atom stereocenters. The van der Waals surface area contributed by atoms with Crippen molar-refractivity contribution in [3.05, 3.63) is 18.0 Å². The van der Waals surface area contributed by atoms with Crippen molar-refractivity contribution in [1.29, 1.82) is 0 Å². The van der Waals surface area contributed by atoms with Crippen LogP contribution in [0.25, 0.3) is 0 Å². The van der Waals surface area contributed by atoms with Crippen molar-refractivity contribution in [3.63, 3.8) is 0 Å². The zero-order valence-corrected chi connectivity index (χ0v) is 10.3. The van der Waals surface area contributed by atoms with Crippen LogP contribution in [-0.4, -0.2) is 48.8 Å². The number of carboxylic acids is 1. The van der Waals surface area contributed by atoms with Crippen molar-refractivity contribution in [2.75, 3.05) is 5.75 Å². The Morgan fingerprint density at radius 1 is 1.59 bits per heavy atom. The highest BCUT2D eigenvalue weighted by molar-refractivity contribution is 8.00. The van der Waals surface area contributed by atoms with Crippen LogP contribution in [0.2, 0.25) is 0 Å². The van der Waals surface area contributed by atoms with E-state index in [0.29, 0.717) is 11.3 Å². The smallest absolute Gasteiger partial charge is 0.327 e. The molecule has 1 aliphatic rings. The van der Waals surface area contributed by atoms with Gasteiger partial charge in [-0.05, 0) is 6.92 Å². The highest BCUT2D eigenvalue weighted by atomic mass is 32.2. The third-order valence-electron chi connectivity index (χ3n) is 2.69. The summed E-state index contributed by atoms with van der Waals surface area (Å²) >= 11 is 1.47. The van der Waals surface area contributed by atoms with Crippen molar-refractivity contribution in [3.8, 4) is 0 Å². The third-order valence-corrected chi connectivity index (χ3v) is 3.91. The van der Waals surface area contributed by atoms with Gasteiger partial charge in [0.05, 0.1) is 17.1 Å². The van der Waals surface area contributed by atoms with Gasteiger partial charge in [-0.2, -0.15) is 5.10 Å². The Labute approximate surface area is 103 Å². The molecule has 1 aromatic heterocycles. The minimum absolute atomic E-state index is 0.121. The Hall–Kier alpha value is -1.50. The van der Waals surface area contributed by atoms with Crippen LogP contribution in [0.1, 0.15) is 17.3 Å². The lowest BCUT2D eigenvalue weighted by Gasteiger charge is -2.24. The van der Waals surface area contributed by atoms with Crippen molar-refractivity contribution >= 4 is 23.6 Å². The number of rotatable bonds is 2. The first kappa shape index (κ1) is 12.0. The fraction of sp³-hybridized carbons (Fsp3) is 0.500. The zero-order valence-electron chi connectivity index (χ0n) is 9.53. The summed E-state index contributed by atoms with van der Waals surface area (Å²) in [6, 6.07) is -0.747. The van der Waals surface area contributed by atoms with E-state index in [1.54, 1.807) is 13.2 Å². The molecular weight excluding hydrogens is 242 g/mol. The first-order valence-electron chi connectivity index (χ1n) is 5.16. The number of carbonyl (C=O) groups is 2. The standard InChI is InChI=1S/C10H13N3O3S/c1-6-13(8(5-17-6)10(15)16)9(14)7-3-11-12(2)4-7/h3-4,6,8H,5H2,1-2H3,(H,15,16). The van der Waals surface area contributed by atoms with Crippen LogP contribution in [-0.2, 0) is 11.8 Å². The lowest BCUT2D eigenvalue weighted by Crippen LogP contribution is -2.44.